The number of hydrogen-bond acceptors (Lipinski definition) is 5. The Labute approximate surface area is 153 Å². The zero-order valence-electron chi connectivity index (χ0n) is 14.2. The Hall–Kier alpha value is -3.13. The molecule has 0 bridgehead atoms. The molecule has 0 saturated carbocycles. The average molecular weight is 368 g/mol. The van der Waals surface area contributed by atoms with Gasteiger partial charge in [0.2, 0.25) is 5.91 Å². The van der Waals surface area contributed by atoms with Crippen LogP contribution in [0.2, 0.25) is 0 Å². The molecule has 3 heterocycles. The van der Waals surface area contributed by atoms with Crippen molar-refractivity contribution < 1.29 is 14.3 Å². The summed E-state index contributed by atoms with van der Waals surface area (Å²) in [7, 11) is 0. The summed E-state index contributed by atoms with van der Waals surface area (Å²) in [5.74, 6) is 0.102. The second-order valence-electron chi connectivity index (χ2n) is 5.95. The van der Waals surface area contributed by atoms with Crippen LogP contribution in [0.15, 0.2) is 30.5 Å². The summed E-state index contributed by atoms with van der Waals surface area (Å²) in [6.45, 7) is 3.94. The number of rotatable bonds is 3. The van der Waals surface area contributed by atoms with Crippen LogP contribution in [0.3, 0.4) is 0 Å². The predicted octanol–water partition coefficient (Wildman–Crippen LogP) is 3.00. The maximum atomic E-state index is 12.2. The van der Waals surface area contributed by atoms with Gasteiger partial charge in [-0.05, 0) is 38.1 Å². The number of carbonyl (C=O) groups excluding carboxylic acids is 2. The van der Waals surface area contributed by atoms with Crippen LogP contribution in [-0.4, -0.2) is 27.8 Å². The SMILES string of the molecule is Cc1cn2c(/C=C/C(=O)Nc3ccc4c(c3)NC(=O)CO4)c(C)nc2s1. The van der Waals surface area contributed by atoms with Crippen molar-refractivity contribution >= 4 is 45.6 Å². The van der Waals surface area contributed by atoms with Gasteiger partial charge in [-0.3, -0.25) is 14.0 Å². The van der Waals surface area contributed by atoms with Gasteiger partial charge >= 0.3 is 0 Å². The van der Waals surface area contributed by atoms with E-state index in [1.165, 1.54) is 6.08 Å². The van der Waals surface area contributed by atoms with Gasteiger partial charge in [-0.15, -0.1) is 11.3 Å². The lowest BCUT2D eigenvalue weighted by Gasteiger charge is -2.18. The van der Waals surface area contributed by atoms with Crippen molar-refractivity contribution in [1.29, 1.82) is 0 Å². The Morgan fingerprint density at radius 3 is 3.12 bits per heavy atom. The molecule has 8 heteroatoms. The Morgan fingerprint density at radius 2 is 2.27 bits per heavy atom. The third kappa shape index (κ3) is 3.06. The maximum absolute atomic E-state index is 12.2. The first-order chi connectivity index (χ1) is 12.5. The van der Waals surface area contributed by atoms with Crippen LogP contribution in [0.25, 0.3) is 11.0 Å². The molecule has 0 fully saturated rings. The number of carbonyl (C=O) groups is 2. The lowest BCUT2D eigenvalue weighted by atomic mass is 10.2. The number of amides is 2. The van der Waals surface area contributed by atoms with Crippen molar-refractivity contribution in [2.24, 2.45) is 0 Å². The maximum Gasteiger partial charge on any atom is 0.262 e. The van der Waals surface area contributed by atoms with E-state index in [0.717, 1.165) is 21.2 Å². The highest BCUT2D eigenvalue weighted by atomic mass is 32.1. The molecule has 0 saturated heterocycles. The molecule has 0 atom stereocenters. The highest BCUT2D eigenvalue weighted by Crippen LogP contribution is 2.30. The van der Waals surface area contributed by atoms with E-state index in [-0.39, 0.29) is 18.4 Å². The Morgan fingerprint density at radius 1 is 1.42 bits per heavy atom. The van der Waals surface area contributed by atoms with Crippen molar-refractivity contribution in [3.8, 4) is 5.75 Å². The summed E-state index contributed by atoms with van der Waals surface area (Å²) in [5.41, 5.74) is 2.87. The summed E-state index contributed by atoms with van der Waals surface area (Å²) >= 11 is 1.61. The molecule has 132 valence electrons. The van der Waals surface area contributed by atoms with Gasteiger partial charge in [0.1, 0.15) is 5.75 Å². The van der Waals surface area contributed by atoms with Crippen molar-refractivity contribution in [1.82, 2.24) is 9.38 Å². The van der Waals surface area contributed by atoms with Gasteiger partial charge in [0, 0.05) is 22.8 Å². The smallest absolute Gasteiger partial charge is 0.262 e. The van der Waals surface area contributed by atoms with E-state index >= 15 is 0 Å². The summed E-state index contributed by atoms with van der Waals surface area (Å²) < 4.78 is 7.28. The molecule has 0 spiro atoms. The molecule has 0 unspecified atom stereocenters. The minimum atomic E-state index is -0.269. The highest BCUT2D eigenvalue weighted by Gasteiger charge is 2.16. The predicted molar refractivity (Wildman–Crippen MR) is 101 cm³/mol. The summed E-state index contributed by atoms with van der Waals surface area (Å²) in [4.78, 5) is 30.2. The van der Waals surface area contributed by atoms with E-state index in [4.69, 9.17) is 4.74 Å². The lowest BCUT2D eigenvalue weighted by Crippen LogP contribution is -2.25. The number of aromatic nitrogens is 2. The van der Waals surface area contributed by atoms with Gasteiger partial charge < -0.3 is 15.4 Å². The average Bonchev–Trinajstić information content (AvgIpc) is 3.07. The van der Waals surface area contributed by atoms with E-state index in [1.807, 2.05) is 24.4 Å². The first kappa shape index (κ1) is 16.3. The number of hydrogen-bond donors (Lipinski definition) is 2. The number of anilines is 2. The fraction of sp³-hybridized carbons (Fsp3) is 0.167. The second-order valence-corrected chi connectivity index (χ2v) is 7.16. The first-order valence-electron chi connectivity index (χ1n) is 8.00. The summed E-state index contributed by atoms with van der Waals surface area (Å²) in [6.07, 6.45) is 5.22. The zero-order valence-corrected chi connectivity index (χ0v) is 15.0. The molecule has 0 radical (unpaired) electrons. The molecule has 1 aliphatic rings. The molecule has 3 aromatic rings. The molecule has 2 amide bonds. The van der Waals surface area contributed by atoms with E-state index in [9.17, 15) is 9.59 Å². The van der Waals surface area contributed by atoms with Gasteiger partial charge in [0.25, 0.3) is 5.91 Å². The normalized spacial score (nSPS) is 13.5. The lowest BCUT2D eigenvalue weighted by molar-refractivity contribution is -0.118. The van der Waals surface area contributed by atoms with Crippen molar-refractivity contribution in [2.45, 2.75) is 13.8 Å². The second kappa shape index (κ2) is 6.30. The number of ether oxygens (including phenoxy) is 1. The van der Waals surface area contributed by atoms with Crippen LogP contribution in [-0.2, 0) is 9.59 Å². The van der Waals surface area contributed by atoms with E-state index < -0.39 is 0 Å². The van der Waals surface area contributed by atoms with Crippen molar-refractivity contribution in [3.63, 3.8) is 0 Å². The van der Waals surface area contributed by atoms with Gasteiger partial charge in [-0.1, -0.05) is 0 Å². The quantitative estimate of drug-likeness (QED) is 0.696. The summed E-state index contributed by atoms with van der Waals surface area (Å²) in [5, 5.41) is 5.50. The van der Waals surface area contributed by atoms with Gasteiger partial charge in [-0.25, -0.2) is 4.98 Å². The molecule has 7 nitrogen and oxygen atoms in total. The number of aryl methyl sites for hydroxylation is 2. The Balaban J connectivity index is 1.51. The third-order valence-electron chi connectivity index (χ3n) is 3.94. The van der Waals surface area contributed by atoms with Crippen LogP contribution >= 0.6 is 11.3 Å². The number of nitrogens with one attached hydrogen (secondary N) is 2. The van der Waals surface area contributed by atoms with E-state index in [1.54, 1.807) is 35.6 Å². The number of thiazole rings is 1. The number of benzene rings is 1. The minimum absolute atomic E-state index is 0.00265. The summed E-state index contributed by atoms with van der Waals surface area (Å²) in [6, 6.07) is 5.11. The molecule has 2 aromatic heterocycles. The number of nitrogens with zero attached hydrogens (tertiary/aromatic N) is 2. The topological polar surface area (TPSA) is 84.7 Å². The molecule has 2 N–H and O–H groups in total. The molecule has 4 rings (SSSR count). The fourth-order valence-corrected chi connectivity index (χ4v) is 3.66. The largest absolute Gasteiger partial charge is 0.482 e. The van der Waals surface area contributed by atoms with Crippen molar-refractivity contribution in [2.75, 3.05) is 17.2 Å². The molecular weight excluding hydrogens is 352 g/mol. The van der Waals surface area contributed by atoms with Crippen LogP contribution in [0, 0.1) is 13.8 Å². The molecule has 1 aliphatic heterocycles. The standard InChI is InChI=1S/C18H16N4O3S/c1-10-8-22-14(11(2)19-18(22)26-10)4-6-16(23)20-12-3-5-15-13(7-12)21-17(24)9-25-15/h3-8H,9H2,1-2H3,(H,20,23)(H,21,24)/b6-4+. The molecular formula is C18H16N4O3S. The third-order valence-corrected chi connectivity index (χ3v) is 4.83. The van der Waals surface area contributed by atoms with Gasteiger partial charge in [0.15, 0.2) is 11.6 Å². The van der Waals surface area contributed by atoms with Gasteiger partial charge in [-0.2, -0.15) is 0 Å². The Bertz CT molecular complexity index is 1060. The van der Waals surface area contributed by atoms with E-state index in [2.05, 4.69) is 15.6 Å². The number of fused-ring (bicyclic) bond motifs is 2. The van der Waals surface area contributed by atoms with Crippen LogP contribution in [0.5, 0.6) is 5.75 Å². The van der Waals surface area contributed by atoms with Crippen LogP contribution in [0.4, 0.5) is 11.4 Å². The van der Waals surface area contributed by atoms with Crippen LogP contribution < -0.4 is 15.4 Å². The van der Waals surface area contributed by atoms with Crippen LogP contribution in [0.1, 0.15) is 16.3 Å². The zero-order chi connectivity index (χ0) is 18.3. The molecule has 1 aromatic carbocycles. The highest BCUT2D eigenvalue weighted by molar-refractivity contribution is 7.17. The fourth-order valence-electron chi connectivity index (χ4n) is 2.78. The molecule has 26 heavy (non-hydrogen) atoms. The monoisotopic (exact) mass is 368 g/mol. The van der Waals surface area contributed by atoms with Crippen molar-refractivity contribution in [3.05, 3.63) is 46.7 Å². The van der Waals surface area contributed by atoms with E-state index in [0.29, 0.717) is 17.1 Å². The Kier molecular flexibility index (Phi) is 3.96. The number of imidazole rings is 1. The first-order valence-corrected chi connectivity index (χ1v) is 8.82. The van der Waals surface area contributed by atoms with Gasteiger partial charge in [0.05, 0.1) is 17.1 Å². The molecule has 0 aliphatic carbocycles. The minimum Gasteiger partial charge on any atom is -0.482 e.